The van der Waals surface area contributed by atoms with Crippen LogP contribution in [0.5, 0.6) is 0 Å². The largest absolute Gasteiger partial charge is 1.00 e. The summed E-state index contributed by atoms with van der Waals surface area (Å²) in [4.78, 5) is 0. The predicted octanol–water partition coefficient (Wildman–Crippen LogP) is -1.92. The first-order valence-electron chi connectivity index (χ1n) is 0.428. The molecule has 0 radical (unpaired) electrons. The summed E-state index contributed by atoms with van der Waals surface area (Å²) in [7, 11) is 0. The molecule has 0 heterocycles. The van der Waals surface area contributed by atoms with Crippen LogP contribution >= 0.6 is 24.6 Å². The zero-order valence-corrected chi connectivity index (χ0v) is 4.40. The molecule has 0 unspecified atom stereocenters. The van der Waals surface area contributed by atoms with Crippen molar-refractivity contribution in [2.75, 3.05) is 0 Å². The Balaban J connectivity index is -0.0000000200. The number of nitrogens with zero attached hydrogens (tertiary/aromatic N) is 1. The second kappa shape index (κ2) is 22.4. The molecule has 0 atom stereocenters. The van der Waals surface area contributed by atoms with Crippen LogP contribution in [0.1, 0.15) is 0 Å². The topological polar surface area (TPSA) is 22.3 Å². The van der Waals surface area contributed by atoms with E-state index in [2.05, 4.69) is 12.2 Å². The van der Waals surface area contributed by atoms with Gasteiger partial charge in [-0.15, -0.1) is 12.4 Å². The minimum absolute atomic E-state index is 0. The number of hydrogen-bond acceptors (Lipinski definition) is 1. The summed E-state index contributed by atoms with van der Waals surface area (Å²) in [6.45, 7) is 0. The minimum atomic E-state index is 0. The first-order valence-corrected chi connectivity index (χ1v) is 0.836. The second-order valence-corrected chi connectivity index (χ2v) is 0.274. The Morgan fingerprint density at radius 2 is 1.60 bits per heavy atom. The van der Waals surface area contributed by atoms with Crippen molar-refractivity contribution in [2.24, 2.45) is 0 Å². The maximum absolute atomic E-state index is 7.13. The van der Waals surface area contributed by atoms with E-state index >= 15 is 0 Å². The van der Waals surface area contributed by atoms with E-state index in [0.717, 1.165) is 0 Å². The van der Waals surface area contributed by atoms with Crippen molar-refractivity contribution in [3.8, 4) is 0 Å². The molecule has 0 rings (SSSR count). The number of rotatable bonds is 0. The summed E-state index contributed by atoms with van der Waals surface area (Å²) in [6.07, 6.45) is 0. The van der Waals surface area contributed by atoms with Gasteiger partial charge >= 0.3 is 18.9 Å². The summed E-state index contributed by atoms with van der Waals surface area (Å²) in [5.74, 6) is 0. The molecule has 4 heteroatoms. The van der Waals surface area contributed by atoms with Crippen molar-refractivity contribution >= 4 is 29.8 Å². The van der Waals surface area contributed by atoms with Crippen LogP contribution in [0.25, 0.3) is 5.41 Å². The Labute approximate surface area is 54.2 Å². The Morgan fingerprint density at radius 1 is 1.60 bits per heavy atom. The van der Waals surface area contributed by atoms with E-state index in [-0.39, 0.29) is 31.3 Å². The molecule has 0 aromatic carbocycles. The fraction of sp³-hybridized carbons (Fsp3) is 0. The van der Waals surface area contributed by atoms with Gasteiger partial charge in [0.15, 0.2) is 0 Å². The summed E-state index contributed by atoms with van der Waals surface area (Å²) in [6, 6.07) is 0. The summed E-state index contributed by atoms with van der Waals surface area (Å²) in [5.41, 5.74) is 0. The van der Waals surface area contributed by atoms with Crippen molar-refractivity contribution in [3.63, 3.8) is 0 Å². The zero-order valence-electron chi connectivity index (χ0n) is 2.76. The van der Waals surface area contributed by atoms with Crippen LogP contribution < -0.4 is 18.9 Å². The van der Waals surface area contributed by atoms with Crippen molar-refractivity contribution in [1.29, 1.82) is 0 Å². The van der Waals surface area contributed by atoms with Gasteiger partial charge in [-0.05, 0) is 0 Å². The predicted molar refractivity (Wildman–Crippen MR) is 23.2 cm³/mol. The van der Waals surface area contributed by atoms with Gasteiger partial charge in [0.1, 0.15) is 0 Å². The van der Waals surface area contributed by atoms with Gasteiger partial charge < -0.3 is 5.41 Å². The third-order valence-corrected chi connectivity index (χ3v) is 0. The van der Waals surface area contributed by atoms with Gasteiger partial charge in [-0.3, -0.25) is 0 Å². The van der Waals surface area contributed by atoms with Gasteiger partial charge in [0.2, 0.25) is 0 Å². The Bertz CT molecular complexity index is 32.6. The van der Waals surface area contributed by atoms with Gasteiger partial charge in [0, 0.05) is 0 Å². The zero-order chi connectivity index (χ0) is 2.71. The number of thiocarbonyl (C=S) groups is 1. The van der Waals surface area contributed by atoms with Gasteiger partial charge in [-0.25, -0.2) is 0 Å². The summed E-state index contributed by atoms with van der Waals surface area (Å²) in [5, 5.41) is 8.47. The van der Waals surface area contributed by atoms with E-state index in [0.29, 0.717) is 0 Å². The van der Waals surface area contributed by atoms with Crippen LogP contribution in [-0.4, -0.2) is 5.16 Å². The second-order valence-electron chi connectivity index (χ2n) is 0.0913. The average Bonchev–Trinajstić information content (AvgIpc) is 0.918. The third kappa shape index (κ3) is 71.6. The molecule has 5 heavy (non-hydrogen) atoms. The molecule has 0 aliphatic rings. The maximum atomic E-state index is 7.13. The van der Waals surface area contributed by atoms with Crippen LogP contribution in [0, 0.1) is 0 Å². The number of hydrogen-bond donors (Lipinski definition) is 0. The van der Waals surface area contributed by atoms with Crippen LogP contribution in [0.3, 0.4) is 0 Å². The molecule has 0 amide bonds. The monoisotopic (exact) mass is 101 g/mol. The molecule has 0 aliphatic heterocycles. The molecule has 0 fully saturated rings. The molecule has 0 bridgehead atoms. The Hall–Kier alpha value is 0.687. The smallest absolute Gasteiger partial charge is 0.753 e. The molecule has 1 nitrogen and oxygen atoms in total. The summed E-state index contributed by atoms with van der Waals surface area (Å²) >= 11 is 3.70. The molecular weight excluding hydrogens is 100 g/mol. The van der Waals surface area contributed by atoms with Gasteiger partial charge in [0.25, 0.3) is 0 Å². The van der Waals surface area contributed by atoms with Gasteiger partial charge in [-0.1, -0.05) is 12.2 Å². The molecule has 0 aliphatic carbocycles. The van der Waals surface area contributed by atoms with Gasteiger partial charge in [0.05, 0.1) is 0 Å². The van der Waals surface area contributed by atoms with E-state index < -0.39 is 0 Å². The van der Waals surface area contributed by atoms with E-state index in [4.69, 9.17) is 5.41 Å². The molecule has 24 valence electrons. The quantitative estimate of drug-likeness (QED) is 0.198. The SMILES string of the molecule is Cl.[Li+].[N-]=C=S. The third-order valence-electron chi connectivity index (χ3n) is 0. The van der Waals surface area contributed by atoms with E-state index in [1.807, 2.05) is 0 Å². The maximum Gasteiger partial charge on any atom is 1.00 e. The van der Waals surface area contributed by atoms with Crippen molar-refractivity contribution < 1.29 is 18.9 Å². The van der Waals surface area contributed by atoms with Crippen molar-refractivity contribution in [3.05, 3.63) is 5.41 Å². The minimum Gasteiger partial charge on any atom is -0.753 e. The molecule has 0 saturated heterocycles. The standard InChI is InChI=1S/CNS.ClH.Li/c2-1-3;;/h;1H;/q-1;;+1. The van der Waals surface area contributed by atoms with E-state index in [1.54, 1.807) is 0 Å². The first kappa shape index (κ1) is 17.3. The number of isothiocyanates is 1. The van der Waals surface area contributed by atoms with E-state index in [9.17, 15) is 0 Å². The molecule has 0 N–H and O–H groups in total. The summed E-state index contributed by atoms with van der Waals surface area (Å²) < 4.78 is 0. The molecule has 0 spiro atoms. The van der Waals surface area contributed by atoms with Crippen molar-refractivity contribution in [1.82, 2.24) is 0 Å². The van der Waals surface area contributed by atoms with Crippen LogP contribution in [0.2, 0.25) is 0 Å². The van der Waals surface area contributed by atoms with Crippen molar-refractivity contribution in [2.45, 2.75) is 0 Å². The molecule has 0 aromatic heterocycles. The first-order chi connectivity index (χ1) is 1.41. The fourth-order valence-corrected chi connectivity index (χ4v) is 0. The Kier molecular flexibility index (Phi) is 77.5. The molecular formula is CHClLiNS. The molecule has 0 aromatic rings. The van der Waals surface area contributed by atoms with Crippen LogP contribution in [0.4, 0.5) is 0 Å². The van der Waals surface area contributed by atoms with Crippen LogP contribution in [-0.2, 0) is 0 Å². The normalized spacial score (nSPS) is 1.60. The van der Waals surface area contributed by atoms with Gasteiger partial charge in [-0.2, -0.15) is 5.16 Å². The fourth-order valence-electron chi connectivity index (χ4n) is 0. The number of halogens is 1. The van der Waals surface area contributed by atoms with E-state index in [1.165, 1.54) is 5.16 Å². The molecule has 0 saturated carbocycles. The Morgan fingerprint density at radius 3 is 1.60 bits per heavy atom. The van der Waals surface area contributed by atoms with Crippen LogP contribution in [0.15, 0.2) is 0 Å². The average molecular weight is 101 g/mol.